The summed E-state index contributed by atoms with van der Waals surface area (Å²) in [5.74, 6) is 1.23. The first-order valence-electron chi connectivity index (χ1n) is 14.7. The monoisotopic (exact) mass is 563 g/mol. The molecule has 1 fully saturated rings. The van der Waals surface area contributed by atoms with Crippen LogP contribution in [-0.2, 0) is 24.1 Å². The van der Waals surface area contributed by atoms with Gasteiger partial charge in [-0.2, -0.15) is 4.99 Å². The number of aryl methyl sites for hydroxylation is 2. The standard InChI is InChI=1S/C30H31N7O2.C3H6/c1-4-6-12-26-25(29(38)37(19-34-26)30-32-17-22(9-5-2)18-33-30)15-21-13-14-27(31-16-21)23-10-7-8-11-24(23)28-35-20(3)39-36-28;1-2-3-1/h7-8,10-11,13-14,16-19H,3-6,9,12,15H2,1-2H3,(H,35,36);1-3H2. The quantitative estimate of drug-likeness (QED) is 0.256. The van der Waals surface area contributed by atoms with Gasteiger partial charge in [-0.1, -0.05) is 76.3 Å². The highest BCUT2D eigenvalue weighted by Gasteiger charge is 2.18. The maximum Gasteiger partial charge on any atom is 0.264 e. The highest BCUT2D eigenvalue weighted by Crippen LogP contribution is 2.24. The number of hydrogen-bond donors (Lipinski definition) is 1. The number of benzene rings is 1. The van der Waals surface area contributed by atoms with Crippen LogP contribution in [0, 0.1) is 0 Å². The molecule has 1 N–H and O–H groups in total. The van der Waals surface area contributed by atoms with Crippen molar-refractivity contribution >= 4 is 5.84 Å². The topological polar surface area (TPSA) is 107 Å². The van der Waals surface area contributed by atoms with Crippen LogP contribution in [-0.4, -0.2) is 30.3 Å². The van der Waals surface area contributed by atoms with Crippen molar-refractivity contribution in [3.8, 4) is 17.2 Å². The van der Waals surface area contributed by atoms with E-state index in [1.807, 2.05) is 42.6 Å². The number of unbranched alkanes of at least 4 members (excludes halogenated alkanes) is 1. The molecule has 1 aliphatic heterocycles. The van der Waals surface area contributed by atoms with Gasteiger partial charge in [-0.05, 0) is 43.0 Å². The van der Waals surface area contributed by atoms with E-state index in [1.165, 1.54) is 23.8 Å². The van der Waals surface area contributed by atoms with Crippen LogP contribution in [0.25, 0.3) is 17.2 Å². The van der Waals surface area contributed by atoms with Crippen LogP contribution in [0.1, 0.15) is 80.3 Å². The fourth-order valence-corrected chi connectivity index (χ4v) is 4.49. The second-order valence-corrected chi connectivity index (χ2v) is 10.5. The van der Waals surface area contributed by atoms with E-state index in [4.69, 9.17) is 9.82 Å². The minimum absolute atomic E-state index is 0.153. The first kappa shape index (κ1) is 28.9. The number of hydrogen-bond acceptors (Lipinski definition) is 8. The molecule has 0 atom stereocenters. The molecule has 216 valence electrons. The van der Waals surface area contributed by atoms with Crippen molar-refractivity contribution in [2.45, 2.75) is 71.6 Å². The van der Waals surface area contributed by atoms with Crippen LogP contribution in [0.4, 0.5) is 0 Å². The number of rotatable bonds is 10. The number of aliphatic imine (C=N–C) groups is 1. The summed E-state index contributed by atoms with van der Waals surface area (Å²) in [6.45, 7) is 7.96. The number of pyridine rings is 1. The molecule has 0 amide bonds. The highest BCUT2D eigenvalue weighted by atomic mass is 16.7. The van der Waals surface area contributed by atoms with Crippen molar-refractivity contribution in [2.24, 2.45) is 4.99 Å². The molecule has 0 radical (unpaired) electrons. The van der Waals surface area contributed by atoms with Crippen LogP contribution >= 0.6 is 0 Å². The van der Waals surface area contributed by atoms with Gasteiger partial charge in [0.15, 0.2) is 5.84 Å². The Labute approximate surface area is 246 Å². The zero-order valence-electron chi connectivity index (χ0n) is 24.3. The van der Waals surface area contributed by atoms with E-state index in [1.54, 1.807) is 18.7 Å². The molecule has 1 aliphatic carbocycles. The summed E-state index contributed by atoms with van der Waals surface area (Å²) < 4.78 is 1.43. The summed E-state index contributed by atoms with van der Waals surface area (Å²) in [5.41, 5.74) is 8.61. The van der Waals surface area contributed by atoms with Gasteiger partial charge in [0, 0.05) is 41.7 Å². The van der Waals surface area contributed by atoms with Gasteiger partial charge in [0.05, 0.1) is 11.4 Å². The lowest BCUT2D eigenvalue weighted by Gasteiger charge is -2.12. The number of aromatic nitrogens is 5. The van der Waals surface area contributed by atoms with Gasteiger partial charge < -0.3 is 4.84 Å². The molecule has 4 aromatic rings. The van der Waals surface area contributed by atoms with E-state index in [9.17, 15) is 4.79 Å². The fraction of sp³-hybridized carbons (Fsp3) is 0.333. The first-order chi connectivity index (χ1) is 20.6. The molecule has 0 bridgehead atoms. The van der Waals surface area contributed by atoms with Crippen molar-refractivity contribution in [1.29, 1.82) is 0 Å². The Morgan fingerprint density at radius 3 is 2.24 bits per heavy atom. The van der Waals surface area contributed by atoms with Gasteiger partial charge in [0.25, 0.3) is 5.56 Å². The lowest BCUT2D eigenvalue weighted by molar-refractivity contribution is 0.179. The molecule has 0 saturated heterocycles. The van der Waals surface area contributed by atoms with Gasteiger partial charge in [0.1, 0.15) is 6.33 Å². The largest absolute Gasteiger partial charge is 0.361 e. The molecule has 42 heavy (non-hydrogen) atoms. The normalized spacial score (nSPS) is 13.5. The maximum atomic E-state index is 13.7. The summed E-state index contributed by atoms with van der Waals surface area (Å²) in [6, 6.07) is 11.8. The van der Waals surface area contributed by atoms with Crippen LogP contribution < -0.4 is 11.0 Å². The molecule has 0 unspecified atom stereocenters. The number of nitrogens with one attached hydrogen (secondary N) is 1. The molecule has 1 saturated carbocycles. The number of nitrogens with zero attached hydrogens (tertiary/aromatic N) is 6. The van der Waals surface area contributed by atoms with Crippen LogP contribution in [0.2, 0.25) is 0 Å². The van der Waals surface area contributed by atoms with E-state index in [-0.39, 0.29) is 5.56 Å². The molecular weight excluding hydrogens is 526 g/mol. The van der Waals surface area contributed by atoms with Crippen molar-refractivity contribution in [3.63, 3.8) is 0 Å². The predicted molar refractivity (Wildman–Crippen MR) is 164 cm³/mol. The van der Waals surface area contributed by atoms with Gasteiger partial charge in [-0.15, -0.1) is 0 Å². The average molecular weight is 564 g/mol. The SMILES string of the molecule is C1CC1.C=C1N=C(c2ccccc2-c2ccc(Cc3c(CCCC)ncn(-c4ncc(CCC)cn4)c3=O)cn2)NO1. The smallest absolute Gasteiger partial charge is 0.264 e. The van der Waals surface area contributed by atoms with Gasteiger partial charge >= 0.3 is 0 Å². The van der Waals surface area contributed by atoms with Crippen molar-refractivity contribution < 1.29 is 4.84 Å². The summed E-state index contributed by atoms with van der Waals surface area (Å²) in [4.78, 5) is 41.4. The number of hydroxylamine groups is 1. The zero-order chi connectivity index (χ0) is 29.3. The van der Waals surface area contributed by atoms with E-state index < -0.39 is 0 Å². The Balaban J connectivity index is 0.00000110. The van der Waals surface area contributed by atoms with Crippen molar-refractivity contribution in [1.82, 2.24) is 30.0 Å². The molecule has 9 nitrogen and oxygen atoms in total. The lowest BCUT2D eigenvalue weighted by atomic mass is 10.0. The summed E-state index contributed by atoms with van der Waals surface area (Å²) in [7, 11) is 0. The Morgan fingerprint density at radius 1 is 0.881 bits per heavy atom. The molecular formula is C33H37N7O2. The third-order valence-corrected chi connectivity index (χ3v) is 6.89. The third kappa shape index (κ3) is 7.15. The van der Waals surface area contributed by atoms with Crippen LogP contribution in [0.3, 0.4) is 0 Å². The lowest BCUT2D eigenvalue weighted by Crippen LogP contribution is -2.27. The average Bonchev–Trinajstić information content (AvgIpc) is 3.85. The highest BCUT2D eigenvalue weighted by molar-refractivity contribution is 6.04. The van der Waals surface area contributed by atoms with Crippen molar-refractivity contribution in [3.05, 3.63) is 112 Å². The summed E-state index contributed by atoms with van der Waals surface area (Å²) >= 11 is 0. The molecule has 1 aromatic carbocycles. The van der Waals surface area contributed by atoms with E-state index in [0.29, 0.717) is 29.7 Å². The minimum atomic E-state index is -0.153. The Morgan fingerprint density at radius 2 is 1.62 bits per heavy atom. The maximum absolute atomic E-state index is 13.7. The Kier molecular flexibility index (Phi) is 9.48. The molecule has 0 spiro atoms. The molecule has 4 heterocycles. The van der Waals surface area contributed by atoms with Crippen LogP contribution in [0.5, 0.6) is 0 Å². The van der Waals surface area contributed by atoms with E-state index in [0.717, 1.165) is 65.7 Å². The van der Waals surface area contributed by atoms with Gasteiger partial charge in [0.2, 0.25) is 11.8 Å². The van der Waals surface area contributed by atoms with Gasteiger partial charge in [-0.3, -0.25) is 9.78 Å². The Hall–Kier alpha value is -4.66. The first-order valence-corrected chi connectivity index (χ1v) is 14.7. The van der Waals surface area contributed by atoms with E-state index in [2.05, 4.69) is 45.9 Å². The van der Waals surface area contributed by atoms with Gasteiger partial charge in [-0.25, -0.2) is 25.0 Å². The van der Waals surface area contributed by atoms with Crippen molar-refractivity contribution in [2.75, 3.05) is 0 Å². The molecule has 2 aliphatic rings. The molecule has 9 heteroatoms. The Bertz CT molecular complexity index is 1600. The van der Waals surface area contributed by atoms with E-state index >= 15 is 0 Å². The molecule has 6 rings (SSSR count). The third-order valence-electron chi connectivity index (χ3n) is 6.89. The van der Waals surface area contributed by atoms with Crippen LogP contribution in [0.15, 0.2) is 83.6 Å². The molecule has 3 aromatic heterocycles. The fourth-order valence-electron chi connectivity index (χ4n) is 4.49. The summed E-state index contributed by atoms with van der Waals surface area (Å²) in [5, 5.41) is 0. The predicted octanol–water partition coefficient (Wildman–Crippen LogP) is 5.89. The zero-order valence-corrected chi connectivity index (χ0v) is 24.3. The second kappa shape index (κ2) is 13.8. The second-order valence-electron chi connectivity index (χ2n) is 10.5. The summed E-state index contributed by atoms with van der Waals surface area (Å²) in [6.07, 6.45) is 16.4. The minimum Gasteiger partial charge on any atom is -0.361 e. The number of amidine groups is 1.